The molecule has 3 heterocycles. The molecule has 0 saturated carbocycles. The molecule has 0 unspecified atom stereocenters. The highest BCUT2D eigenvalue weighted by atomic mass is 19.1. The molecule has 31 heavy (non-hydrogen) atoms. The molecule has 2 bridgehead atoms. The molecule has 164 valence electrons. The molecular formula is C22H23F2N3O4. The number of methoxy groups -OCH3 is 1. The first-order chi connectivity index (χ1) is 14.8. The Bertz CT molecular complexity index is 1110. The number of nitrogens with zero attached hydrogens (tertiary/aromatic N) is 2. The van der Waals surface area contributed by atoms with Crippen LogP contribution in [0.1, 0.15) is 58.6 Å². The number of rotatable bonds is 4. The van der Waals surface area contributed by atoms with Gasteiger partial charge in [0.2, 0.25) is 5.43 Å². The fourth-order valence-corrected chi connectivity index (χ4v) is 4.34. The molecule has 0 aliphatic carbocycles. The first-order valence-electron chi connectivity index (χ1n) is 10.2. The average Bonchev–Trinajstić information content (AvgIpc) is 2.91. The predicted octanol–water partition coefficient (Wildman–Crippen LogP) is 2.63. The zero-order valence-corrected chi connectivity index (χ0v) is 17.3. The highest BCUT2D eigenvalue weighted by Crippen LogP contribution is 2.34. The summed E-state index contributed by atoms with van der Waals surface area (Å²) in [5.41, 5.74) is -0.657. The van der Waals surface area contributed by atoms with E-state index in [4.69, 9.17) is 4.74 Å². The Morgan fingerprint density at radius 2 is 2.03 bits per heavy atom. The lowest BCUT2D eigenvalue weighted by atomic mass is 10.1. The van der Waals surface area contributed by atoms with Crippen LogP contribution in [0.4, 0.5) is 8.78 Å². The van der Waals surface area contributed by atoms with E-state index in [1.165, 1.54) is 19.4 Å². The van der Waals surface area contributed by atoms with Crippen molar-refractivity contribution in [3.63, 3.8) is 0 Å². The Kier molecular flexibility index (Phi) is 5.51. The number of amides is 2. The molecular weight excluding hydrogens is 408 g/mol. The first kappa shape index (κ1) is 21.0. The van der Waals surface area contributed by atoms with E-state index in [9.17, 15) is 23.2 Å². The number of fused-ring (bicyclic) bond motifs is 4. The van der Waals surface area contributed by atoms with Gasteiger partial charge >= 0.3 is 0 Å². The predicted molar refractivity (Wildman–Crippen MR) is 108 cm³/mol. The molecule has 1 N–H and O–H groups in total. The highest BCUT2D eigenvalue weighted by molar-refractivity contribution is 5.99. The van der Waals surface area contributed by atoms with Gasteiger partial charge in [0, 0.05) is 37.0 Å². The second kappa shape index (κ2) is 8.13. The summed E-state index contributed by atoms with van der Waals surface area (Å²) in [5, 5.41) is 2.50. The van der Waals surface area contributed by atoms with Crippen molar-refractivity contribution in [2.24, 2.45) is 0 Å². The van der Waals surface area contributed by atoms with Gasteiger partial charge in [-0.1, -0.05) is 6.07 Å². The van der Waals surface area contributed by atoms with E-state index in [0.717, 1.165) is 31.4 Å². The number of pyridine rings is 1. The molecule has 1 aromatic heterocycles. The average molecular weight is 431 g/mol. The normalized spacial score (nSPS) is 20.1. The minimum atomic E-state index is -0.793. The fourth-order valence-electron chi connectivity index (χ4n) is 4.34. The van der Waals surface area contributed by atoms with Crippen molar-refractivity contribution in [1.82, 2.24) is 14.8 Å². The summed E-state index contributed by atoms with van der Waals surface area (Å²) >= 11 is 0. The van der Waals surface area contributed by atoms with Crippen molar-refractivity contribution < 1.29 is 23.1 Å². The zero-order chi connectivity index (χ0) is 22.3. The molecule has 1 saturated heterocycles. The van der Waals surface area contributed by atoms with Gasteiger partial charge in [0.25, 0.3) is 11.8 Å². The SMILES string of the molecule is COc1c2n(cc(C(=O)NCc3ccc(F)cc3F)c1=O)[C@H]1CCC[C@H](C)N(C1)C2=O. The third kappa shape index (κ3) is 3.68. The topological polar surface area (TPSA) is 80.6 Å². The zero-order valence-electron chi connectivity index (χ0n) is 17.3. The number of hydrogen-bond donors (Lipinski definition) is 1. The number of aromatic nitrogens is 1. The second-order valence-electron chi connectivity index (χ2n) is 7.97. The van der Waals surface area contributed by atoms with E-state index in [1.807, 2.05) is 6.92 Å². The Hall–Kier alpha value is -3.23. The van der Waals surface area contributed by atoms with Crippen LogP contribution in [0.5, 0.6) is 5.75 Å². The molecule has 4 rings (SSSR count). The molecule has 2 atom stereocenters. The van der Waals surface area contributed by atoms with Gasteiger partial charge in [0.1, 0.15) is 17.2 Å². The number of carbonyl (C=O) groups excluding carboxylic acids is 2. The van der Waals surface area contributed by atoms with Gasteiger partial charge in [0.05, 0.1) is 13.2 Å². The van der Waals surface area contributed by atoms with Crippen LogP contribution in [0.3, 0.4) is 0 Å². The van der Waals surface area contributed by atoms with E-state index in [0.29, 0.717) is 6.54 Å². The minimum absolute atomic E-state index is 0.0552. The third-order valence-corrected chi connectivity index (χ3v) is 6.05. The molecule has 7 nitrogen and oxygen atoms in total. The van der Waals surface area contributed by atoms with Crippen molar-refractivity contribution in [1.29, 1.82) is 0 Å². The first-order valence-corrected chi connectivity index (χ1v) is 10.2. The maximum absolute atomic E-state index is 13.9. The van der Waals surface area contributed by atoms with Crippen LogP contribution >= 0.6 is 0 Å². The quantitative estimate of drug-likeness (QED) is 0.807. The number of nitrogens with one attached hydrogen (secondary N) is 1. The number of hydrogen-bond acceptors (Lipinski definition) is 4. The summed E-state index contributed by atoms with van der Waals surface area (Å²) in [7, 11) is 1.29. The lowest BCUT2D eigenvalue weighted by Gasteiger charge is -2.37. The maximum atomic E-state index is 13.9. The summed E-state index contributed by atoms with van der Waals surface area (Å²) in [6.07, 6.45) is 3.97. The molecule has 9 heteroatoms. The van der Waals surface area contributed by atoms with E-state index in [1.54, 1.807) is 9.47 Å². The molecule has 0 radical (unpaired) electrons. The fraction of sp³-hybridized carbons (Fsp3) is 0.409. The highest BCUT2D eigenvalue weighted by Gasteiger charge is 2.39. The van der Waals surface area contributed by atoms with E-state index in [-0.39, 0.29) is 47.1 Å². The second-order valence-corrected chi connectivity index (χ2v) is 7.97. The lowest BCUT2D eigenvalue weighted by Crippen LogP contribution is -2.47. The standard InChI is InChI=1S/C22H23F2N3O4/c1-12-4-3-5-15-10-26(12)22(30)18-20(31-2)19(28)16(11-27(15)18)21(29)25-9-13-6-7-14(23)8-17(13)24/h6-8,11-12,15H,3-5,9-10H2,1-2H3,(H,25,29)/t12-,15-/m0/s1. The van der Waals surface area contributed by atoms with Crippen molar-refractivity contribution >= 4 is 11.8 Å². The van der Waals surface area contributed by atoms with Gasteiger partial charge in [-0.2, -0.15) is 0 Å². The lowest BCUT2D eigenvalue weighted by molar-refractivity contribution is 0.0604. The van der Waals surface area contributed by atoms with Crippen LogP contribution in [0.25, 0.3) is 0 Å². The third-order valence-electron chi connectivity index (χ3n) is 6.05. The molecule has 2 aromatic rings. The van der Waals surface area contributed by atoms with Crippen LogP contribution in [0.2, 0.25) is 0 Å². The minimum Gasteiger partial charge on any atom is -0.491 e. The molecule has 1 fully saturated rings. The van der Waals surface area contributed by atoms with E-state index in [2.05, 4.69) is 5.32 Å². The summed E-state index contributed by atoms with van der Waals surface area (Å²) in [6, 6.07) is 3.02. The molecule has 1 aromatic carbocycles. The Balaban J connectivity index is 1.70. The number of benzene rings is 1. The van der Waals surface area contributed by atoms with Gasteiger partial charge < -0.3 is 19.5 Å². The summed E-state index contributed by atoms with van der Waals surface area (Å²) in [5.74, 6) is -2.70. The van der Waals surface area contributed by atoms with Crippen LogP contribution < -0.4 is 15.5 Å². The van der Waals surface area contributed by atoms with Crippen molar-refractivity contribution in [2.75, 3.05) is 13.7 Å². The Morgan fingerprint density at radius 1 is 1.26 bits per heavy atom. The monoisotopic (exact) mass is 431 g/mol. The van der Waals surface area contributed by atoms with Crippen molar-refractivity contribution in [3.05, 3.63) is 63.1 Å². The van der Waals surface area contributed by atoms with Crippen molar-refractivity contribution in [2.45, 2.75) is 44.8 Å². The van der Waals surface area contributed by atoms with Gasteiger partial charge in [-0.25, -0.2) is 8.78 Å². The van der Waals surface area contributed by atoms with Gasteiger partial charge in [0.15, 0.2) is 11.4 Å². The largest absolute Gasteiger partial charge is 0.491 e. The van der Waals surface area contributed by atoms with Gasteiger partial charge in [-0.05, 0) is 32.3 Å². The van der Waals surface area contributed by atoms with Crippen LogP contribution in [0.15, 0.2) is 29.2 Å². The smallest absolute Gasteiger partial charge is 0.274 e. The van der Waals surface area contributed by atoms with E-state index >= 15 is 0 Å². The van der Waals surface area contributed by atoms with Crippen LogP contribution in [-0.4, -0.2) is 41.0 Å². The van der Waals surface area contributed by atoms with E-state index < -0.39 is 23.0 Å². The number of halogens is 2. The molecule has 2 amide bonds. The summed E-state index contributed by atoms with van der Waals surface area (Å²) in [4.78, 5) is 40.6. The Labute approximate surface area is 177 Å². The van der Waals surface area contributed by atoms with Crippen molar-refractivity contribution in [3.8, 4) is 5.75 Å². The summed E-state index contributed by atoms with van der Waals surface area (Å²) in [6.45, 7) is 2.26. The van der Waals surface area contributed by atoms with Gasteiger partial charge in [-0.15, -0.1) is 0 Å². The Morgan fingerprint density at radius 3 is 2.74 bits per heavy atom. The van der Waals surface area contributed by atoms with Gasteiger partial charge in [-0.3, -0.25) is 14.4 Å². The number of ether oxygens (including phenoxy) is 1. The molecule has 2 aliphatic rings. The summed E-state index contributed by atoms with van der Waals surface area (Å²) < 4.78 is 33.9. The van der Waals surface area contributed by atoms with Crippen LogP contribution in [-0.2, 0) is 6.54 Å². The molecule has 2 aliphatic heterocycles. The van der Waals surface area contributed by atoms with Crippen LogP contribution in [0, 0.1) is 11.6 Å². The maximum Gasteiger partial charge on any atom is 0.274 e. The molecule has 0 spiro atoms. The number of carbonyl (C=O) groups is 2.